The van der Waals surface area contributed by atoms with Gasteiger partial charge in [0.05, 0.1) is 23.1 Å². The molecule has 8 heteroatoms. The predicted molar refractivity (Wildman–Crippen MR) is 63.6 cm³/mol. The molecule has 0 atom stereocenters. The number of nitro benzene ring substituents is 1. The van der Waals surface area contributed by atoms with E-state index in [1.54, 1.807) is 7.05 Å². The topological polar surface area (TPSA) is 110 Å². The van der Waals surface area contributed by atoms with E-state index < -0.39 is 10.9 Å². The van der Waals surface area contributed by atoms with Gasteiger partial charge in [-0.15, -0.1) is 0 Å². The van der Waals surface area contributed by atoms with Crippen LogP contribution in [0.15, 0.2) is 12.1 Å². The molecule has 94 valence electrons. The number of non-ortho nitro benzene ring substituents is 1. The highest BCUT2D eigenvalue weighted by Gasteiger charge is 2.20. The molecule has 1 heterocycles. The summed E-state index contributed by atoms with van der Waals surface area (Å²) in [5.41, 5.74) is 0.583. The summed E-state index contributed by atoms with van der Waals surface area (Å²) < 4.78 is 4.59. The van der Waals surface area contributed by atoms with Gasteiger partial charge in [-0.25, -0.2) is 9.78 Å². The van der Waals surface area contributed by atoms with Gasteiger partial charge in [-0.05, 0) is 0 Å². The maximum absolute atomic E-state index is 11.6. The number of benzene rings is 1. The van der Waals surface area contributed by atoms with Gasteiger partial charge in [0.2, 0.25) is 5.95 Å². The Morgan fingerprint density at radius 3 is 2.83 bits per heavy atom. The number of nitro groups is 1. The van der Waals surface area contributed by atoms with Gasteiger partial charge >= 0.3 is 5.97 Å². The van der Waals surface area contributed by atoms with E-state index in [4.69, 9.17) is 0 Å². The van der Waals surface area contributed by atoms with E-state index >= 15 is 0 Å². The zero-order valence-electron chi connectivity index (χ0n) is 9.68. The van der Waals surface area contributed by atoms with Crippen LogP contribution in [0.4, 0.5) is 11.6 Å². The third kappa shape index (κ3) is 1.83. The molecule has 2 aromatic rings. The fourth-order valence-electron chi connectivity index (χ4n) is 1.59. The minimum atomic E-state index is -0.669. The average Bonchev–Trinajstić information content (AvgIpc) is 2.79. The second kappa shape index (κ2) is 4.32. The first-order chi connectivity index (χ1) is 8.56. The lowest BCUT2D eigenvalue weighted by atomic mass is 10.1. The average molecular weight is 250 g/mol. The van der Waals surface area contributed by atoms with E-state index in [1.807, 2.05) is 0 Å². The number of carbonyl (C=O) groups is 1. The number of anilines is 1. The van der Waals surface area contributed by atoms with E-state index in [9.17, 15) is 14.9 Å². The minimum absolute atomic E-state index is 0.0550. The Bertz CT molecular complexity index is 634. The Morgan fingerprint density at radius 2 is 2.28 bits per heavy atom. The maximum atomic E-state index is 11.6. The number of fused-ring (bicyclic) bond motifs is 1. The number of aromatic amines is 1. The van der Waals surface area contributed by atoms with Crippen LogP contribution in [0.1, 0.15) is 10.4 Å². The molecule has 18 heavy (non-hydrogen) atoms. The van der Waals surface area contributed by atoms with E-state index in [0.29, 0.717) is 17.0 Å². The number of carbonyl (C=O) groups excluding carboxylic acids is 1. The summed E-state index contributed by atoms with van der Waals surface area (Å²) in [6.07, 6.45) is 0. The van der Waals surface area contributed by atoms with E-state index in [1.165, 1.54) is 13.2 Å². The van der Waals surface area contributed by atoms with Crippen LogP contribution in [0.3, 0.4) is 0 Å². The first-order valence-electron chi connectivity index (χ1n) is 5.01. The Balaban J connectivity index is 2.74. The Labute approximate surface area is 101 Å². The van der Waals surface area contributed by atoms with Gasteiger partial charge in [0.15, 0.2) is 0 Å². The third-order valence-corrected chi connectivity index (χ3v) is 2.42. The van der Waals surface area contributed by atoms with Crippen molar-refractivity contribution in [1.82, 2.24) is 9.97 Å². The second-order valence-electron chi connectivity index (χ2n) is 3.47. The minimum Gasteiger partial charge on any atom is -0.465 e. The number of rotatable bonds is 3. The summed E-state index contributed by atoms with van der Waals surface area (Å²) >= 11 is 0. The molecule has 2 N–H and O–H groups in total. The number of imidazole rings is 1. The number of esters is 1. The summed E-state index contributed by atoms with van der Waals surface area (Å²) in [6.45, 7) is 0. The van der Waals surface area contributed by atoms with Crippen LogP contribution in [0, 0.1) is 10.1 Å². The number of nitrogens with one attached hydrogen (secondary N) is 2. The number of ether oxygens (including phenoxy) is 1. The first kappa shape index (κ1) is 11.8. The lowest BCUT2D eigenvalue weighted by molar-refractivity contribution is -0.384. The highest BCUT2D eigenvalue weighted by Crippen LogP contribution is 2.25. The van der Waals surface area contributed by atoms with Crippen molar-refractivity contribution in [3.8, 4) is 0 Å². The van der Waals surface area contributed by atoms with Crippen LogP contribution in [-0.4, -0.2) is 35.0 Å². The highest BCUT2D eigenvalue weighted by atomic mass is 16.6. The number of hydrogen-bond acceptors (Lipinski definition) is 6. The summed E-state index contributed by atoms with van der Waals surface area (Å²) in [5.74, 6) is -0.256. The normalized spacial score (nSPS) is 10.3. The van der Waals surface area contributed by atoms with Gasteiger partial charge in [-0.3, -0.25) is 10.1 Å². The largest absolute Gasteiger partial charge is 0.465 e. The lowest BCUT2D eigenvalue weighted by Crippen LogP contribution is -2.03. The molecule has 0 fully saturated rings. The molecule has 0 bridgehead atoms. The predicted octanol–water partition coefficient (Wildman–Crippen LogP) is 1.30. The van der Waals surface area contributed by atoms with Gasteiger partial charge in [0, 0.05) is 19.2 Å². The Kier molecular flexibility index (Phi) is 2.84. The van der Waals surface area contributed by atoms with Crippen molar-refractivity contribution in [2.45, 2.75) is 0 Å². The zero-order chi connectivity index (χ0) is 13.3. The molecule has 0 saturated carbocycles. The standard InChI is InChI=1S/C10H10N4O4/c1-11-10-12-7-4-5(14(16)17)3-6(8(7)13-10)9(15)18-2/h3-4H,1-2H3,(H2,11,12,13). The van der Waals surface area contributed by atoms with Crippen molar-refractivity contribution in [3.63, 3.8) is 0 Å². The molecule has 0 aliphatic rings. The highest BCUT2D eigenvalue weighted by molar-refractivity contribution is 6.03. The Morgan fingerprint density at radius 1 is 1.56 bits per heavy atom. The Hall–Kier alpha value is -2.64. The van der Waals surface area contributed by atoms with Gasteiger partial charge in [-0.1, -0.05) is 0 Å². The molecule has 0 saturated heterocycles. The van der Waals surface area contributed by atoms with Crippen LogP contribution in [0.5, 0.6) is 0 Å². The molecule has 0 aliphatic carbocycles. The van der Waals surface area contributed by atoms with Crippen LogP contribution < -0.4 is 5.32 Å². The summed E-state index contributed by atoms with van der Waals surface area (Å²) in [6, 6.07) is 2.46. The second-order valence-corrected chi connectivity index (χ2v) is 3.47. The van der Waals surface area contributed by atoms with Gasteiger partial charge in [-0.2, -0.15) is 0 Å². The fourth-order valence-corrected chi connectivity index (χ4v) is 1.59. The maximum Gasteiger partial charge on any atom is 0.340 e. The van der Waals surface area contributed by atoms with Crippen LogP contribution in [-0.2, 0) is 4.74 Å². The van der Waals surface area contributed by atoms with Crippen molar-refractivity contribution in [1.29, 1.82) is 0 Å². The van der Waals surface area contributed by atoms with Crippen molar-refractivity contribution >= 4 is 28.6 Å². The molecule has 0 spiro atoms. The van der Waals surface area contributed by atoms with Crippen molar-refractivity contribution in [2.75, 3.05) is 19.5 Å². The number of H-pyrrole nitrogens is 1. The monoisotopic (exact) mass is 250 g/mol. The smallest absolute Gasteiger partial charge is 0.340 e. The number of nitrogens with zero attached hydrogens (tertiary/aromatic N) is 2. The molecule has 0 aliphatic heterocycles. The number of aromatic nitrogens is 2. The number of hydrogen-bond donors (Lipinski definition) is 2. The van der Waals surface area contributed by atoms with Crippen LogP contribution in [0.2, 0.25) is 0 Å². The third-order valence-electron chi connectivity index (χ3n) is 2.42. The van der Waals surface area contributed by atoms with Gasteiger partial charge < -0.3 is 15.0 Å². The van der Waals surface area contributed by atoms with Crippen molar-refractivity contribution < 1.29 is 14.5 Å². The lowest BCUT2D eigenvalue weighted by Gasteiger charge is -2.00. The van der Waals surface area contributed by atoms with Gasteiger partial charge in [0.25, 0.3) is 5.69 Å². The molecular formula is C10H10N4O4. The van der Waals surface area contributed by atoms with E-state index in [2.05, 4.69) is 20.0 Å². The quantitative estimate of drug-likeness (QED) is 0.482. The zero-order valence-corrected chi connectivity index (χ0v) is 9.68. The molecular weight excluding hydrogens is 240 g/mol. The van der Waals surface area contributed by atoms with E-state index in [-0.39, 0.29) is 11.3 Å². The SMILES string of the molecule is CNc1nc2c(C(=O)OC)cc([N+](=O)[O-])cc2[nH]1. The molecule has 0 radical (unpaired) electrons. The van der Waals surface area contributed by atoms with E-state index in [0.717, 1.165) is 6.07 Å². The first-order valence-corrected chi connectivity index (χ1v) is 5.01. The molecule has 2 rings (SSSR count). The summed E-state index contributed by atoms with van der Waals surface area (Å²) in [5, 5.41) is 13.5. The van der Waals surface area contributed by atoms with Crippen LogP contribution in [0.25, 0.3) is 11.0 Å². The van der Waals surface area contributed by atoms with Crippen LogP contribution >= 0.6 is 0 Å². The molecule has 8 nitrogen and oxygen atoms in total. The molecule has 0 amide bonds. The summed E-state index contributed by atoms with van der Waals surface area (Å²) in [4.78, 5) is 28.7. The van der Waals surface area contributed by atoms with Gasteiger partial charge in [0.1, 0.15) is 5.52 Å². The van der Waals surface area contributed by atoms with Crippen molar-refractivity contribution in [2.24, 2.45) is 0 Å². The van der Waals surface area contributed by atoms with Crippen molar-refractivity contribution in [3.05, 3.63) is 27.8 Å². The fraction of sp³-hybridized carbons (Fsp3) is 0.200. The molecule has 0 unspecified atom stereocenters. The molecule has 1 aromatic heterocycles. The number of methoxy groups -OCH3 is 1. The summed E-state index contributed by atoms with van der Waals surface area (Å²) in [7, 11) is 2.85. The molecule has 1 aromatic carbocycles.